The van der Waals surface area contributed by atoms with Crippen molar-refractivity contribution in [3.8, 4) is 0 Å². The van der Waals surface area contributed by atoms with Crippen LogP contribution in [0.2, 0.25) is 0 Å². The smallest absolute Gasteiger partial charge is 0.256 e. The van der Waals surface area contributed by atoms with E-state index in [9.17, 15) is 9.59 Å². The Hall–Kier alpha value is -2.90. The van der Waals surface area contributed by atoms with E-state index in [0.717, 1.165) is 16.8 Å². The number of anilines is 1. The minimum absolute atomic E-state index is 0.0228. The summed E-state index contributed by atoms with van der Waals surface area (Å²) in [5.74, 6) is -0.422. The molecule has 0 saturated carbocycles. The lowest BCUT2D eigenvalue weighted by molar-refractivity contribution is -0.181. The second-order valence-corrected chi connectivity index (χ2v) is 8.92. The van der Waals surface area contributed by atoms with Crippen LogP contribution in [0.1, 0.15) is 59.1 Å². The lowest BCUT2D eigenvalue weighted by Gasteiger charge is -2.37. The number of benzene rings is 2. The van der Waals surface area contributed by atoms with Crippen molar-refractivity contribution in [2.45, 2.75) is 44.7 Å². The number of likely N-dealkylation sites (tertiary alicyclic amines) is 1. The molecule has 1 unspecified atom stereocenters. The summed E-state index contributed by atoms with van der Waals surface area (Å²) < 4.78 is 11.5. The number of rotatable bonds is 4. The molecule has 2 fully saturated rings. The number of fused-ring (bicyclic) bond motifs is 1. The molecule has 1 atom stereocenters. The second-order valence-electron chi connectivity index (χ2n) is 8.92. The molecule has 2 aromatic carbocycles. The van der Waals surface area contributed by atoms with Gasteiger partial charge < -0.3 is 24.6 Å². The zero-order chi connectivity index (χ0) is 22.3. The number of carbonyl (C=O) groups is 2. The maximum absolute atomic E-state index is 13.0. The van der Waals surface area contributed by atoms with Crippen LogP contribution in [0, 0.1) is 0 Å². The van der Waals surface area contributed by atoms with Crippen molar-refractivity contribution in [1.82, 2.24) is 9.80 Å². The Bertz CT molecular complexity index is 1000. The molecular weight excluding hydrogens is 406 g/mol. The average Bonchev–Trinajstić information content (AvgIpc) is 3.37. The first kappa shape index (κ1) is 21.0. The Morgan fingerprint density at radius 1 is 1.03 bits per heavy atom. The van der Waals surface area contributed by atoms with E-state index in [4.69, 9.17) is 9.47 Å². The van der Waals surface area contributed by atoms with Gasteiger partial charge in [-0.15, -0.1) is 0 Å². The largest absolute Gasteiger partial charge is 0.361 e. The van der Waals surface area contributed by atoms with Gasteiger partial charge in [-0.2, -0.15) is 0 Å². The van der Waals surface area contributed by atoms with Crippen LogP contribution < -0.4 is 5.32 Å². The molecule has 1 spiro atoms. The lowest BCUT2D eigenvalue weighted by atomic mass is 10.0. The molecule has 0 aromatic heterocycles. The molecule has 3 heterocycles. The van der Waals surface area contributed by atoms with Gasteiger partial charge in [0.1, 0.15) is 6.17 Å². The quantitative estimate of drug-likeness (QED) is 0.794. The van der Waals surface area contributed by atoms with E-state index in [-0.39, 0.29) is 24.0 Å². The van der Waals surface area contributed by atoms with Gasteiger partial charge >= 0.3 is 0 Å². The number of carbonyl (C=O) groups excluding carboxylic acids is 2. The highest BCUT2D eigenvalue weighted by atomic mass is 16.7. The number of nitrogens with zero attached hydrogens (tertiary/aromatic N) is 2. The predicted molar refractivity (Wildman–Crippen MR) is 120 cm³/mol. The Morgan fingerprint density at radius 2 is 1.69 bits per heavy atom. The fraction of sp³-hybridized carbons (Fsp3) is 0.440. The molecule has 168 valence electrons. The van der Waals surface area contributed by atoms with Gasteiger partial charge in [0.05, 0.1) is 13.2 Å². The number of amides is 2. The van der Waals surface area contributed by atoms with E-state index in [1.54, 1.807) is 0 Å². The fourth-order valence-corrected chi connectivity index (χ4v) is 4.90. The third-order valence-corrected chi connectivity index (χ3v) is 6.62. The number of hydrogen-bond donors (Lipinski definition) is 1. The van der Waals surface area contributed by atoms with E-state index in [0.29, 0.717) is 44.7 Å². The SMILES string of the molecule is CC(C)N1C(=O)c2ccccc2C1Nc1ccc(C(=O)N2CCC3(CC2)OCCO3)cc1. The van der Waals surface area contributed by atoms with Gasteiger partial charge in [-0.25, -0.2) is 0 Å². The predicted octanol–water partition coefficient (Wildman–Crippen LogP) is 3.64. The molecule has 3 aliphatic rings. The molecule has 2 saturated heterocycles. The van der Waals surface area contributed by atoms with Gasteiger partial charge in [0.15, 0.2) is 5.79 Å². The summed E-state index contributed by atoms with van der Waals surface area (Å²) in [6.45, 7) is 6.56. The van der Waals surface area contributed by atoms with Crippen LogP contribution in [0.25, 0.3) is 0 Å². The molecule has 2 amide bonds. The van der Waals surface area contributed by atoms with Gasteiger partial charge in [0, 0.05) is 54.4 Å². The molecule has 0 radical (unpaired) electrons. The van der Waals surface area contributed by atoms with E-state index in [2.05, 4.69) is 5.32 Å². The maximum atomic E-state index is 13.0. The molecule has 7 heteroatoms. The Kier molecular flexibility index (Phi) is 5.39. The van der Waals surface area contributed by atoms with E-state index >= 15 is 0 Å². The second kappa shape index (κ2) is 8.22. The highest BCUT2D eigenvalue weighted by Gasteiger charge is 2.41. The molecule has 32 heavy (non-hydrogen) atoms. The van der Waals surface area contributed by atoms with Gasteiger partial charge in [-0.1, -0.05) is 18.2 Å². The average molecular weight is 436 g/mol. The van der Waals surface area contributed by atoms with Gasteiger partial charge in [0.25, 0.3) is 11.8 Å². The Labute approximate surface area is 188 Å². The fourth-order valence-electron chi connectivity index (χ4n) is 4.90. The zero-order valence-corrected chi connectivity index (χ0v) is 18.5. The number of ether oxygens (including phenoxy) is 2. The van der Waals surface area contributed by atoms with Crippen molar-refractivity contribution in [3.05, 3.63) is 65.2 Å². The van der Waals surface area contributed by atoms with E-state index in [1.807, 2.05) is 72.2 Å². The minimum atomic E-state index is -0.484. The lowest BCUT2D eigenvalue weighted by Crippen LogP contribution is -2.47. The molecule has 5 rings (SSSR count). The highest BCUT2D eigenvalue weighted by molar-refractivity contribution is 5.99. The third-order valence-electron chi connectivity index (χ3n) is 6.62. The molecule has 0 bridgehead atoms. The maximum Gasteiger partial charge on any atom is 0.256 e. The van der Waals surface area contributed by atoms with Crippen LogP contribution in [0.5, 0.6) is 0 Å². The summed E-state index contributed by atoms with van der Waals surface area (Å²) in [6.07, 6.45) is 1.18. The summed E-state index contributed by atoms with van der Waals surface area (Å²) in [5, 5.41) is 3.48. The van der Waals surface area contributed by atoms with Crippen LogP contribution in [-0.2, 0) is 9.47 Å². The minimum Gasteiger partial charge on any atom is -0.361 e. The van der Waals surface area contributed by atoms with Crippen LogP contribution >= 0.6 is 0 Å². The van der Waals surface area contributed by atoms with Crippen molar-refractivity contribution in [2.75, 3.05) is 31.6 Å². The number of hydrogen-bond acceptors (Lipinski definition) is 5. The van der Waals surface area contributed by atoms with Gasteiger partial charge in [-0.05, 0) is 44.2 Å². The van der Waals surface area contributed by atoms with Crippen LogP contribution in [-0.4, -0.2) is 59.7 Å². The summed E-state index contributed by atoms with van der Waals surface area (Å²) in [4.78, 5) is 29.6. The Morgan fingerprint density at radius 3 is 2.34 bits per heavy atom. The van der Waals surface area contributed by atoms with Crippen LogP contribution in [0.3, 0.4) is 0 Å². The first-order valence-corrected chi connectivity index (χ1v) is 11.3. The number of piperidine rings is 1. The van der Waals surface area contributed by atoms with Crippen LogP contribution in [0.4, 0.5) is 5.69 Å². The summed E-state index contributed by atoms with van der Waals surface area (Å²) in [5.41, 5.74) is 3.24. The molecule has 1 N–H and O–H groups in total. The van der Waals surface area contributed by atoms with Crippen molar-refractivity contribution in [1.29, 1.82) is 0 Å². The molecule has 3 aliphatic heterocycles. The first-order valence-electron chi connectivity index (χ1n) is 11.3. The van der Waals surface area contributed by atoms with Crippen molar-refractivity contribution in [3.63, 3.8) is 0 Å². The van der Waals surface area contributed by atoms with E-state index in [1.165, 1.54) is 0 Å². The standard InChI is InChI=1S/C25H29N3O4/c1-17(2)28-22(20-5-3-4-6-21(20)24(28)30)26-19-9-7-18(8-10-19)23(29)27-13-11-25(12-14-27)31-15-16-32-25/h3-10,17,22,26H,11-16H2,1-2H3. The van der Waals surface area contributed by atoms with Gasteiger partial charge in [0.2, 0.25) is 0 Å². The molecule has 7 nitrogen and oxygen atoms in total. The zero-order valence-electron chi connectivity index (χ0n) is 18.5. The summed E-state index contributed by atoms with van der Waals surface area (Å²) >= 11 is 0. The third kappa shape index (κ3) is 3.65. The van der Waals surface area contributed by atoms with Gasteiger partial charge in [-0.3, -0.25) is 9.59 Å². The van der Waals surface area contributed by atoms with Crippen molar-refractivity contribution >= 4 is 17.5 Å². The molecular formula is C25H29N3O4. The topological polar surface area (TPSA) is 71.1 Å². The summed E-state index contributed by atoms with van der Waals surface area (Å²) in [6, 6.07) is 15.3. The summed E-state index contributed by atoms with van der Waals surface area (Å²) in [7, 11) is 0. The monoisotopic (exact) mass is 435 g/mol. The molecule has 2 aromatic rings. The number of nitrogens with one attached hydrogen (secondary N) is 1. The van der Waals surface area contributed by atoms with Crippen molar-refractivity contribution < 1.29 is 19.1 Å². The Balaban J connectivity index is 1.28. The van der Waals surface area contributed by atoms with Crippen LogP contribution in [0.15, 0.2) is 48.5 Å². The highest BCUT2D eigenvalue weighted by Crippen LogP contribution is 2.36. The normalized spacial score (nSPS) is 22.0. The van der Waals surface area contributed by atoms with Crippen molar-refractivity contribution in [2.24, 2.45) is 0 Å². The first-order chi connectivity index (χ1) is 15.5. The van der Waals surface area contributed by atoms with E-state index < -0.39 is 5.79 Å². The molecule has 0 aliphatic carbocycles.